The number of nitrogens with zero attached hydrogens (tertiary/aromatic N) is 4. The molecule has 1 heterocycles. The van der Waals surface area contributed by atoms with Crippen LogP contribution in [-0.2, 0) is 4.84 Å². The Morgan fingerprint density at radius 2 is 2.00 bits per heavy atom. The van der Waals surface area contributed by atoms with Crippen molar-refractivity contribution in [1.82, 2.24) is 10.3 Å². The van der Waals surface area contributed by atoms with Gasteiger partial charge in [-0.2, -0.15) is 0 Å². The quantitative estimate of drug-likeness (QED) is 0.259. The number of anilines is 1. The number of hydrogen-bond acceptors (Lipinski definition) is 9. The van der Waals surface area contributed by atoms with Crippen molar-refractivity contribution in [3.8, 4) is 0 Å². The second-order valence-electron chi connectivity index (χ2n) is 3.66. The van der Waals surface area contributed by atoms with Crippen LogP contribution < -0.4 is 11.5 Å². The Kier molecular flexibility index (Phi) is 3.74. The lowest BCUT2D eigenvalue weighted by Crippen LogP contribution is -2.17. The predicted molar refractivity (Wildman–Crippen MR) is 67.9 cm³/mol. The molecule has 0 spiro atoms. The number of nitro groups is 1. The zero-order valence-electron chi connectivity index (χ0n) is 10.3. The summed E-state index contributed by atoms with van der Waals surface area (Å²) >= 11 is 0. The summed E-state index contributed by atoms with van der Waals surface area (Å²) in [6, 6.07) is 4.75. The Balaban J connectivity index is 2.08. The first-order chi connectivity index (χ1) is 9.99. The molecule has 0 bridgehead atoms. The first kappa shape index (κ1) is 13.9. The average Bonchev–Trinajstić information content (AvgIpc) is 2.90. The maximum atomic E-state index is 11.6. The van der Waals surface area contributed by atoms with Crippen molar-refractivity contribution >= 4 is 23.3 Å². The van der Waals surface area contributed by atoms with Crippen molar-refractivity contribution < 1.29 is 19.2 Å². The first-order valence-electron chi connectivity index (χ1n) is 5.36. The monoisotopic (exact) mass is 292 g/mol. The van der Waals surface area contributed by atoms with Gasteiger partial charge in [0.25, 0.3) is 5.69 Å². The molecule has 2 aromatic rings. The summed E-state index contributed by atoms with van der Waals surface area (Å²) in [7, 11) is 0. The van der Waals surface area contributed by atoms with Crippen molar-refractivity contribution in [2.75, 3.05) is 5.73 Å². The highest BCUT2D eigenvalue weighted by atomic mass is 16.7. The number of nitrogen functional groups attached to an aromatic ring is 1. The van der Waals surface area contributed by atoms with E-state index in [1.54, 1.807) is 0 Å². The number of nitro benzene ring substituents is 1. The zero-order valence-corrected chi connectivity index (χ0v) is 10.3. The summed E-state index contributed by atoms with van der Waals surface area (Å²) in [5.74, 6) is -1.27. The topological polar surface area (TPSA) is 173 Å². The van der Waals surface area contributed by atoms with Gasteiger partial charge in [0.05, 0.1) is 10.5 Å². The Morgan fingerprint density at radius 3 is 2.52 bits per heavy atom. The van der Waals surface area contributed by atoms with Crippen molar-refractivity contribution in [1.29, 1.82) is 0 Å². The normalized spacial score (nSPS) is 11.1. The van der Waals surface area contributed by atoms with Gasteiger partial charge in [-0.15, -0.1) is 0 Å². The number of nitrogens with two attached hydrogens (primary N) is 2. The van der Waals surface area contributed by atoms with Gasteiger partial charge >= 0.3 is 5.97 Å². The summed E-state index contributed by atoms with van der Waals surface area (Å²) in [6.45, 7) is 0. The number of non-ortho nitro benzene ring substituents is 1. The van der Waals surface area contributed by atoms with Crippen LogP contribution in [0, 0.1) is 10.1 Å². The van der Waals surface area contributed by atoms with Gasteiger partial charge in [-0.05, 0) is 22.4 Å². The van der Waals surface area contributed by atoms with Crippen LogP contribution in [0.25, 0.3) is 0 Å². The minimum Gasteiger partial charge on any atom is -0.379 e. The molecule has 11 heteroatoms. The van der Waals surface area contributed by atoms with Gasteiger partial charge in [-0.25, -0.2) is 9.42 Å². The minimum atomic E-state index is -0.858. The van der Waals surface area contributed by atoms with Gasteiger partial charge in [0.15, 0.2) is 17.3 Å². The van der Waals surface area contributed by atoms with Crippen molar-refractivity contribution in [2.24, 2.45) is 10.9 Å². The van der Waals surface area contributed by atoms with E-state index < -0.39 is 10.9 Å². The maximum absolute atomic E-state index is 11.6. The van der Waals surface area contributed by atoms with E-state index in [9.17, 15) is 14.9 Å². The first-order valence-corrected chi connectivity index (χ1v) is 5.36. The lowest BCUT2D eigenvalue weighted by molar-refractivity contribution is -0.384. The van der Waals surface area contributed by atoms with E-state index in [1.807, 2.05) is 0 Å². The van der Waals surface area contributed by atoms with E-state index in [-0.39, 0.29) is 28.6 Å². The number of amidine groups is 1. The summed E-state index contributed by atoms with van der Waals surface area (Å²) in [6.07, 6.45) is 0. The third-order valence-corrected chi connectivity index (χ3v) is 2.30. The minimum absolute atomic E-state index is 0.0587. The molecule has 0 radical (unpaired) electrons. The summed E-state index contributed by atoms with van der Waals surface area (Å²) in [4.78, 5) is 26.1. The highest BCUT2D eigenvalue weighted by Gasteiger charge is 2.14. The van der Waals surface area contributed by atoms with Crippen LogP contribution >= 0.6 is 0 Å². The van der Waals surface area contributed by atoms with Gasteiger partial charge in [0.2, 0.25) is 0 Å². The number of aromatic nitrogens is 2. The molecule has 1 aromatic heterocycles. The van der Waals surface area contributed by atoms with E-state index in [0.717, 1.165) is 12.1 Å². The molecule has 0 amide bonds. The fraction of sp³-hybridized carbons (Fsp3) is 0. The van der Waals surface area contributed by atoms with Crippen LogP contribution in [0.2, 0.25) is 0 Å². The van der Waals surface area contributed by atoms with Crippen molar-refractivity contribution in [3.63, 3.8) is 0 Å². The van der Waals surface area contributed by atoms with Gasteiger partial charge in [-0.3, -0.25) is 10.1 Å². The summed E-state index contributed by atoms with van der Waals surface area (Å²) in [5.41, 5.74) is 10.7. The fourth-order valence-corrected chi connectivity index (χ4v) is 1.28. The lowest BCUT2D eigenvalue weighted by Gasteiger charge is -1.99. The van der Waals surface area contributed by atoms with Gasteiger partial charge in [0, 0.05) is 12.1 Å². The standard InChI is InChI=1S/C10H8N6O5/c11-8(7-9(12)15-21-13-7)14-20-10(17)5-1-3-6(4-2-5)16(18)19/h1-4H,(H2,11,14)(H2,12,15). The van der Waals surface area contributed by atoms with E-state index in [1.165, 1.54) is 12.1 Å². The number of hydrogen-bond donors (Lipinski definition) is 2. The largest absolute Gasteiger partial charge is 0.379 e. The average molecular weight is 292 g/mol. The molecule has 0 atom stereocenters. The Labute approximate surface area is 116 Å². The molecule has 21 heavy (non-hydrogen) atoms. The van der Waals surface area contributed by atoms with Crippen molar-refractivity contribution in [3.05, 3.63) is 45.6 Å². The number of benzene rings is 1. The molecule has 11 nitrogen and oxygen atoms in total. The third kappa shape index (κ3) is 3.09. The SMILES string of the molecule is NC(=NOC(=O)c1ccc([N+](=O)[O-])cc1)c1nonc1N. The molecule has 2 rings (SSSR count). The molecule has 0 saturated heterocycles. The zero-order chi connectivity index (χ0) is 15.4. The number of carbonyl (C=O) groups excluding carboxylic acids is 1. The molecule has 108 valence electrons. The van der Waals surface area contributed by atoms with Crippen LogP contribution in [0.3, 0.4) is 0 Å². The van der Waals surface area contributed by atoms with Gasteiger partial charge in [-0.1, -0.05) is 5.16 Å². The highest BCUT2D eigenvalue weighted by molar-refractivity contribution is 5.99. The van der Waals surface area contributed by atoms with Crippen LogP contribution in [0.15, 0.2) is 34.1 Å². The number of rotatable bonds is 4. The fourth-order valence-electron chi connectivity index (χ4n) is 1.28. The smallest absolute Gasteiger partial charge is 0.365 e. The lowest BCUT2D eigenvalue weighted by atomic mass is 10.2. The predicted octanol–water partition coefficient (Wildman–Crippen LogP) is 0.0373. The molecule has 0 unspecified atom stereocenters. The van der Waals surface area contributed by atoms with E-state index in [2.05, 4.69) is 24.9 Å². The number of oxime groups is 1. The second kappa shape index (κ2) is 5.64. The van der Waals surface area contributed by atoms with E-state index in [0.29, 0.717) is 0 Å². The maximum Gasteiger partial charge on any atom is 0.365 e. The highest BCUT2D eigenvalue weighted by Crippen LogP contribution is 2.13. The van der Waals surface area contributed by atoms with Crippen molar-refractivity contribution in [2.45, 2.75) is 0 Å². The summed E-state index contributed by atoms with van der Waals surface area (Å²) < 4.78 is 4.30. The van der Waals surface area contributed by atoms with Gasteiger partial charge in [0.1, 0.15) is 0 Å². The molecule has 0 aliphatic rings. The Morgan fingerprint density at radius 1 is 1.33 bits per heavy atom. The molecule has 1 aromatic carbocycles. The number of carbonyl (C=O) groups is 1. The summed E-state index contributed by atoms with van der Waals surface area (Å²) in [5, 5.41) is 20.4. The van der Waals surface area contributed by atoms with Crippen LogP contribution in [0.4, 0.5) is 11.5 Å². The molecular formula is C10H8N6O5. The van der Waals surface area contributed by atoms with Crippen LogP contribution in [-0.4, -0.2) is 27.0 Å². The van der Waals surface area contributed by atoms with Crippen LogP contribution in [0.1, 0.15) is 16.1 Å². The molecule has 0 aliphatic heterocycles. The van der Waals surface area contributed by atoms with Gasteiger partial charge < -0.3 is 16.3 Å². The Bertz CT molecular complexity index is 707. The van der Waals surface area contributed by atoms with E-state index in [4.69, 9.17) is 11.5 Å². The molecule has 0 aliphatic carbocycles. The van der Waals surface area contributed by atoms with E-state index >= 15 is 0 Å². The van der Waals surface area contributed by atoms with Crippen LogP contribution in [0.5, 0.6) is 0 Å². The molecular weight excluding hydrogens is 284 g/mol. The third-order valence-electron chi connectivity index (χ3n) is 2.30. The second-order valence-corrected chi connectivity index (χ2v) is 3.66. The molecule has 0 saturated carbocycles. The molecule has 0 fully saturated rings. The Hall–Kier alpha value is -3.50. The molecule has 4 N–H and O–H groups in total.